The van der Waals surface area contributed by atoms with Crippen LogP contribution in [0, 0.1) is 0 Å². The molecule has 5 heteroatoms. The van der Waals surface area contributed by atoms with Crippen LogP contribution < -0.4 is 0 Å². The van der Waals surface area contributed by atoms with E-state index < -0.39 is 16.8 Å². The lowest BCUT2D eigenvalue weighted by molar-refractivity contribution is -0.136. The van der Waals surface area contributed by atoms with E-state index >= 15 is 0 Å². The summed E-state index contributed by atoms with van der Waals surface area (Å²) in [6.45, 7) is 6.18. The van der Waals surface area contributed by atoms with Gasteiger partial charge in [0.15, 0.2) is 0 Å². The number of hydrogen-bond acceptors (Lipinski definition) is 3. The number of carboxylic acid groups (broad SMARTS) is 1. The Morgan fingerprint density at radius 2 is 1.93 bits per heavy atom. The quantitative estimate of drug-likeness (QED) is 0.729. The van der Waals surface area contributed by atoms with E-state index in [0.717, 1.165) is 0 Å². The second-order valence-corrected chi connectivity index (χ2v) is 5.65. The minimum Gasteiger partial charge on any atom is -0.481 e. The highest BCUT2D eigenvalue weighted by molar-refractivity contribution is 7.85. The highest BCUT2D eigenvalue weighted by Gasteiger charge is 2.10. The Hall–Kier alpha value is -0.420. The maximum atomic E-state index is 11.2. The molecule has 0 aromatic heterocycles. The third kappa shape index (κ3) is 9.67. The van der Waals surface area contributed by atoms with Crippen molar-refractivity contribution in [3.05, 3.63) is 0 Å². The lowest BCUT2D eigenvalue weighted by atomic mass is 10.2. The van der Waals surface area contributed by atoms with Gasteiger partial charge in [-0.3, -0.25) is 9.00 Å². The van der Waals surface area contributed by atoms with Gasteiger partial charge >= 0.3 is 5.97 Å². The van der Waals surface area contributed by atoms with E-state index in [4.69, 9.17) is 9.84 Å². The number of hydrogen-bond donors (Lipinski definition) is 1. The molecule has 0 bridgehead atoms. The molecule has 0 radical (unpaired) electrons. The summed E-state index contributed by atoms with van der Waals surface area (Å²) in [5, 5.41) is 8.35. The first kappa shape index (κ1) is 13.6. The number of aliphatic carboxylic acids is 1. The van der Waals surface area contributed by atoms with E-state index in [9.17, 15) is 9.00 Å². The van der Waals surface area contributed by atoms with Gasteiger partial charge in [-0.2, -0.15) is 0 Å². The number of ether oxygens (including phenoxy) is 1. The van der Waals surface area contributed by atoms with Crippen molar-refractivity contribution in [3.63, 3.8) is 0 Å². The fourth-order valence-electron chi connectivity index (χ4n) is 0.744. The molecule has 0 aliphatic carbocycles. The van der Waals surface area contributed by atoms with Crippen molar-refractivity contribution >= 4 is 16.8 Å². The summed E-state index contributed by atoms with van der Waals surface area (Å²) >= 11 is 0. The Balaban J connectivity index is 3.50. The van der Waals surface area contributed by atoms with Gasteiger partial charge in [-0.1, -0.05) is 0 Å². The second-order valence-electron chi connectivity index (χ2n) is 3.95. The third-order valence-electron chi connectivity index (χ3n) is 1.39. The van der Waals surface area contributed by atoms with Crippen LogP contribution in [0.4, 0.5) is 0 Å². The van der Waals surface area contributed by atoms with Gasteiger partial charge in [0, 0.05) is 22.3 Å². The standard InChI is InChI=1S/C9H18O4S/c1-9(2,3)13-5-7-14(12)6-4-8(10)11/h4-7H2,1-3H3,(H,10,11). The molecule has 1 N–H and O–H groups in total. The summed E-state index contributed by atoms with van der Waals surface area (Å²) in [7, 11) is -1.08. The van der Waals surface area contributed by atoms with Gasteiger partial charge in [-0.05, 0) is 20.8 Å². The zero-order valence-electron chi connectivity index (χ0n) is 8.91. The smallest absolute Gasteiger partial charge is 0.304 e. The summed E-state index contributed by atoms with van der Waals surface area (Å²) in [5.41, 5.74) is -0.225. The SMILES string of the molecule is CC(C)(C)OCCS(=O)CCC(=O)O. The van der Waals surface area contributed by atoms with Crippen molar-refractivity contribution in [2.24, 2.45) is 0 Å². The van der Waals surface area contributed by atoms with Crippen molar-refractivity contribution in [2.45, 2.75) is 32.8 Å². The predicted molar refractivity (Wildman–Crippen MR) is 55.8 cm³/mol. The molecule has 84 valence electrons. The Morgan fingerprint density at radius 3 is 2.36 bits per heavy atom. The van der Waals surface area contributed by atoms with Gasteiger partial charge in [0.1, 0.15) is 0 Å². The van der Waals surface area contributed by atoms with Crippen LogP contribution in [0.15, 0.2) is 0 Å². The van der Waals surface area contributed by atoms with E-state index in [0.29, 0.717) is 12.4 Å². The van der Waals surface area contributed by atoms with Crippen LogP contribution >= 0.6 is 0 Å². The first-order valence-corrected chi connectivity index (χ1v) is 6.01. The van der Waals surface area contributed by atoms with Crippen molar-refractivity contribution in [2.75, 3.05) is 18.1 Å². The molecule has 0 fully saturated rings. The highest BCUT2D eigenvalue weighted by Crippen LogP contribution is 2.06. The monoisotopic (exact) mass is 222 g/mol. The Kier molecular flexibility index (Phi) is 5.95. The van der Waals surface area contributed by atoms with Gasteiger partial charge in [-0.25, -0.2) is 0 Å². The van der Waals surface area contributed by atoms with Gasteiger partial charge in [0.2, 0.25) is 0 Å². The highest BCUT2D eigenvalue weighted by atomic mass is 32.2. The van der Waals surface area contributed by atoms with E-state index in [1.54, 1.807) is 0 Å². The fourth-order valence-corrected chi connectivity index (χ4v) is 1.62. The minimum atomic E-state index is -1.08. The molecule has 0 spiro atoms. The molecular weight excluding hydrogens is 204 g/mol. The third-order valence-corrected chi connectivity index (χ3v) is 2.67. The Bertz CT molecular complexity index is 207. The molecule has 0 aromatic carbocycles. The number of carboxylic acids is 1. The average Bonchev–Trinajstić information content (AvgIpc) is 1.98. The van der Waals surface area contributed by atoms with Crippen LogP contribution in [0.2, 0.25) is 0 Å². The van der Waals surface area contributed by atoms with Crippen LogP contribution in [0.25, 0.3) is 0 Å². The molecule has 0 aromatic rings. The van der Waals surface area contributed by atoms with Gasteiger partial charge in [-0.15, -0.1) is 0 Å². The lowest BCUT2D eigenvalue weighted by Gasteiger charge is -2.19. The number of rotatable bonds is 6. The maximum Gasteiger partial charge on any atom is 0.304 e. The Labute approximate surface area is 87.1 Å². The lowest BCUT2D eigenvalue weighted by Crippen LogP contribution is -2.23. The molecule has 0 aliphatic heterocycles. The van der Waals surface area contributed by atoms with Crippen LogP contribution in [0.5, 0.6) is 0 Å². The summed E-state index contributed by atoms with van der Waals surface area (Å²) in [6.07, 6.45) is -0.0396. The predicted octanol–water partition coefficient (Wildman–Crippen LogP) is 1.02. The van der Waals surface area contributed by atoms with E-state index in [-0.39, 0.29) is 17.8 Å². The largest absolute Gasteiger partial charge is 0.481 e. The average molecular weight is 222 g/mol. The fraction of sp³-hybridized carbons (Fsp3) is 0.889. The molecule has 14 heavy (non-hydrogen) atoms. The van der Waals surface area contributed by atoms with Crippen LogP contribution in [0.1, 0.15) is 27.2 Å². The second kappa shape index (κ2) is 6.14. The summed E-state index contributed by atoms with van der Waals surface area (Å²) in [5.74, 6) is -0.289. The van der Waals surface area contributed by atoms with Gasteiger partial charge < -0.3 is 9.84 Å². The van der Waals surface area contributed by atoms with Crippen molar-refractivity contribution in [1.82, 2.24) is 0 Å². The first-order chi connectivity index (χ1) is 6.31. The topological polar surface area (TPSA) is 63.6 Å². The van der Waals surface area contributed by atoms with Crippen LogP contribution in [-0.2, 0) is 20.3 Å². The zero-order chi connectivity index (χ0) is 11.2. The van der Waals surface area contributed by atoms with Crippen LogP contribution in [0.3, 0.4) is 0 Å². The van der Waals surface area contributed by atoms with Crippen molar-refractivity contribution in [3.8, 4) is 0 Å². The summed E-state index contributed by atoms with van der Waals surface area (Å²) in [6, 6.07) is 0. The zero-order valence-corrected chi connectivity index (χ0v) is 9.73. The van der Waals surface area contributed by atoms with E-state index in [1.165, 1.54) is 0 Å². The van der Waals surface area contributed by atoms with Crippen molar-refractivity contribution < 1.29 is 18.8 Å². The normalized spacial score (nSPS) is 13.9. The molecule has 0 aliphatic rings. The Morgan fingerprint density at radius 1 is 1.36 bits per heavy atom. The minimum absolute atomic E-state index is 0.0396. The van der Waals surface area contributed by atoms with E-state index in [2.05, 4.69) is 0 Å². The molecule has 0 saturated heterocycles. The van der Waals surface area contributed by atoms with Crippen LogP contribution in [-0.4, -0.2) is 39.0 Å². The molecule has 0 amide bonds. The molecule has 0 saturated carbocycles. The molecule has 0 rings (SSSR count). The molecule has 4 nitrogen and oxygen atoms in total. The van der Waals surface area contributed by atoms with Gasteiger partial charge in [0.25, 0.3) is 0 Å². The van der Waals surface area contributed by atoms with E-state index in [1.807, 2.05) is 20.8 Å². The first-order valence-electron chi connectivity index (χ1n) is 4.52. The molecule has 0 heterocycles. The van der Waals surface area contributed by atoms with Crippen molar-refractivity contribution in [1.29, 1.82) is 0 Å². The molecule has 1 atom stereocenters. The summed E-state index contributed by atoms with van der Waals surface area (Å²) in [4.78, 5) is 10.2. The molecule has 1 unspecified atom stereocenters. The van der Waals surface area contributed by atoms with Gasteiger partial charge in [0.05, 0.1) is 18.6 Å². The number of carbonyl (C=O) groups is 1. The summed E-state index contributed by atoms with van der Waals surface area (Å²) < 4.78 is 16.6. The molecular formula is C9H18O4S. The maximum absolute atomic E-state index is 11.2.